The van der Waals surface area contributed by atoms with Crippen molar-refractivity contribution in [1.29, 1.82) is 0 Å². The first-order chi connectivity index (χ1) is 12.6. The van der Waals surface area contributed by atoms with Crippen molar-refractivity contribution in [3.05, 3.63) is 46.7 Å². The second kappa shape index (κ2) is 7.78. The largest absolute Gasteiger partial charge is 0.497 e. The highest BCUT2D eigenvalue weighted by molar-refractivity contribution is 7.12. The third kappa shape index (κ3) is 3.67. The van der Waals surface area contributed by atoms with Crippen LogP contribution in [0.4, 0.5) is 5.69 Å². The molecule has 2 heterocycles. The predicted molar refractivity (Wildman–Crippen MR) is 103 cm³/mol. The predicted octanol–water partition coefficient (Wildman–Crippen LogP) is 2.59. The van der Waals surface area contributed by atoms with Crippen LogP contribution in [0.3, 0.4) is 0 Å². The first kappa shape index (κ1) is 18.3. The zero-order chi connectivity index (χ0) is 18.6. The van der Waals surface area contributed by atoms with Crippen LogP contribution in [0.25, 0.3) is 0 Å². The monoisotopic (exact) mass is 373 g/mol. The Morgan fingerprint density at radius 3 is 2.58 bits per heavy atom. The van der Waals surface area contributed by atoms with E-state index < -0.39 is 5.54 Å². The lowest BCUT2D eigenvalue weighted by molar-refractivity contribution is -0.126. The summed E-state index contributed by atoms with van der Waals surface area (Å²) in [6, 6.07) is 11.2. The van der Waals surface area contributed by atoms with Gasteiger partial charge < -0.3 is 20.3 Å². The van der Waals surface area contributed by atoms with Crippen molar-refractivity contribution < 1.29 is 14.3 Å². The number of ether oxygens (including phenoxy) is 1. The Hall–Kier alpha value is -2.54. The van der Waals surface area contributed by atoms with Crippen LogP contribution in [0.5, 0.6) is 5.75 Å². The highest BCUT2D eigenvalue weighted by atomic mass is 32.1. The molecule has 2 aromatic rings. The minimum Gasteiger partial charge on any atom is -0.497 e. The summed E-state index contributed by atoms with van der Waals surface area (Å²) < 4.78 is 5.26. The molecule has 0 radical (unpaired) electrons. The Kier molecular flexibility index (Phi) is 5.46. The van der Waals surface area contributed by atoms with Crippen molar-refractivity contribution >= 4 is 28.8 Å². The second-order valence-electron chi connectivity index (χ2n) is 6.29. The number of piperidine rings is 1. The van der Waals surface area contributed by atoms with Crippen LogP contribution in [-0.2, 0) is 4.79 Å². The van der Waals surface area contributed by atoms with Gasteiger partial charge >= 0.3 is 0 Å². The molecule has 2 N–H and O–H groups in total. The Labute approximate surface area is 157 Å². The summed E-state index contributed by atoms with van der Waals surface area (Å²) in [6.45, 7) is 1.06. The number of carbonyl (C=O) groups excluding carboxylic acids is 2. The van der Waals surface area contributed by atoms with Gasteiger partial charge in [0.15, 0.2) is 0 Å². The lowest BCUT2D eigenvalue weighted by Gasteiger charge is -2.41. The maximum absolute atomic E-state index is 12.6. The molecule has 0 bridgehead atoms. The molecule has 0 aliphatic carbocycles. The Morgan fingerprint density at radius 2 is 1.96 bits per heavy atom. The van der Waals surface area contributed by atoms with E-state index in [4.69, 9.17) is 4.74 Å². The van der Waals surface area contributed by atoms with Crippen LogP contribution in [0.2, 0.25) is 0 Å². The SMILES string of the molecule is CNC(=O)C1(Nc2cccc(OC)c2)CCN(C(=O)c2cccs2)CC1. The van der Waals surface area contributed by atoms with Crippen molar-refractivity contribution in [2.75, 3.05) is 32.6 Å². The molecule has 1 saturated heterocycles. The molecule has 26 heavy (non-hydrogen) atoms. The minimum atomic E-state index is -0.743. The average molecular weight is 373 g/mol. The van der Waals surface area contributed by atoms with Gasteiger partial charge in [0.2, 0.25) is 5.91 Å². The van der Waals surface area contributed by atoms with Gasteiger partial charge in [0, 0.05) is 31.9 Å². The Balaban J connectivity index is 1.75. The van der Waals surface area contributed by atoms with E-state index in [1.54, 1.807) is 14.2 Å². The molecule has 0 saturated carbocycles. The summed E-state index contributed by atoms with van der Waals surface area (Å²) in [5, 5.41) is 8.05. The fourth-order valence-corrected chi connectivity index (χ4v) is 3.96. The Morgan fingerprint density at radius 1 is 1.19 bits per heavy atom. The minimum absolute atomic E-state index is 0.0342. The first-order valence-corrected chi connectivity index (χ1v) is 9.43. The molecule has 3 rings (SSSR count). The zero-order valence-electron chi connectivity index (χ0n) is 15.0. The number of anilines is 1. The smallest absolute Gasteiger partial charge is 0.263 e. The van der Waals surface area contributed by atoms with E-state index in [1.807, 2.05) is 46.7 Å². The molecule has 1 aromatic carbocycles. The van der Waals surface area contributed by atoms with Gasteiger partial charge in [-0.1, -0.05) is 12.1 Å². The molecule has 7 heteroatoms. The van der Waals surface area contributed by atoms with Gasteiger partial charge in [0.05, 0.1) is 12.0 Å². The Bertz CT molecular complexity index is 768. The number of thiophene rings is 1. The van der Waals surface area contributed by atoms with Crippen molar-refractivity contribution in [2.45, 2.75) is 18.4 Å². The number of likely N-dealkylation sites (tertiary alicyclic amines) is 1. The number of likely N-dealkylation sites (N-methyl/N-ethyl adjacent to an activating group) is 1. The summed E-state index contributed by atoms with van der Waals surface area (Å²) in [4.78, 5) is 27.8. The fourth-order valence-electron chi connectivity index (χ4n) is 3.27. The molecule has 0 unspecified atom stereocenters. The number of nitrogens with zero attached hydrogens (tertiary/aromatic N) is 1. The van der Waals surface area contributed by atoms with Gasteiger partial charge in [-0.15, -0.1) is 11.3 Å². The number of hydrogen-bond donors (Lipinski definition) is 2. The van der Waals surface area contributed by atoms with E-state index in [1.165, 1.54) is 11.3 Å². The van der Waals surface area contributed by atoms with E-state index in [0.717, 1.165) is 16.3 Å². The van der Waals surface area contributed by atoms with Gasteiger partial charge in [0.1, 0.15) is 11.3 Å². The second-order valence-corrected chi connectivity index (χ2v) is 7.24. The molecular weight excluding hydrogens is 350 g/mol. The summed E-state index contributed by atoms with van der Waals surface area (Å²) in [6.07, 6.45) is 1.09. The van der Waals surface area contributed by atoms with Crippen molar-refractivity contribution in [1.82, 2.24) is 10.2 Å². The average Bonchev–Trinajstić information content (AvgIpc) is 3.22. The third-order valence-electron chi connectivity index (χ3n) is 4.75. The maximum Gasteiger partial charge on any atom is 0.263 e. The van der Waals surface area contributed by atoms with Gasteiger partial charge in [-0.2, -0.15) is 0 Å². The zero-order valence-corrected chi connectivity index (χ0v) is 15.8. The summed E-state index contributed by atoms with van der Waals surface area (Å²) >= 11 is 1.44. The first-order valence-electron chi connectivity index (χ1n) is 8.55. The highest BCUT2D eigenvalue weighted by Crippen LogP contribution is 2.30. The molecule has 1 aliphatic heterocycles. The molecule has 6 nitrogen and oxygen atoms in total. The lowest BCUT2D eigenvalue weighted by atomic mass is 9.86. The number of nitrogens with one attached hydrogen (secondary N) is 2. The van der Waals surface area contributed by atoms with Crippen LogP contribution in [0.15, 0.2) is 41.8 Å². The molecule has 1 aliphatic rings. The van der Waals surface area contributed by atoms with Crippen LogP contribution < -0.4 is 15.4 Å². The molecular formula is C19H23N3O3S. The summed E-state index contributed by atoms with van der Waals surface area (Å²) in [7, 11) is 3.25. The third-order valence-corrected chi connectivity index (χ3v) is 5.61. The quantitative estimate of drug-likeness (QED) is 0.845. The molecule has 1 fully saturated rings. The van der Waals surface area contributed by atoms with Crippen LogP contribution in [0, 0.1) is 0 Å². The number of methoxy groups -OCH3 is 1. The van der Waals surface area contributed by atoms with Gasteiger partial charge in [0.25, 0.3) is 5.91 Å². The van der Waals surface area contributed by atoms with Gasteiger partial charge in [-0.05, 0) is 36.4 Å². The molecule has 0 spiro atoms. The van der Waals surface area contributed by atoms with E-state index >= 15 is 0 Å². The van der Waals surface area contributed by atoms with Crippen molar-refractivity contribution in [3.63, 3.8) is 0 Å². The van der Waals surface area contributed by atoms with E-state index in [9.17, 15) is 9.59 Å². The van der Waals surface area contributed by atoms with Crippen LogP contribution >= 0.6 is 11.3 Å². The molecule has 1 aromatic heterocycles. The molecule has 138 valence electrons. The molecule has 2 amide bonds. The number of amides is 2. The topological polar surface area (TPSA) is 70.7 Å². The number of carbonyl (C=O) groups is 2. The normalized spacial score (nSPS) is 16.0. The lowest BCUT2D eigenvalue weighted by Crippen LogP contribution is -2.58. The summed E-state index contributed by atoms with van der Waals surface area (Å²) in [5.74, 6) is 0.697. The van der Waals surface area contributed by atoms with E-state index in [0.29, 0.717) is 25.9 Å². The fraction of sp³-hybridized carbons (Fsp3) is 0.368. The molecule has 0 atom stereocenters. The maximum atomic E-state index is 12.6. The van der Waals surface area contributed by atoms with E-state index in [2.05, 4.69) is 10.6 Å². The number of hydrogen-bond acceptors (Lipinski definition) is 5. The number of rotatable bonds is 5. The standard InChI is InChI=1S/C19H23N3O3S/c1-20-18(24)19(21-14-5-3-6-15(13-14)25-2)8-10-22(11-9-19)17(23)16-7-4-12-26-16/h3-7,12-13,21H,8-11H2,1-2H3,(H,20,24). The summed E-state index contributed by atoms with van der Waals surface area (Å²) in [5.41, 5.74) is 0.0823. The van der Waals surface area contributed by atoms with Crippen LogP contribution in [0.1, 0.15) is 22.5 Å². The van der Waals surface area contributed by atoms with Gasteiger partial charge in [-0.3, -0.25) is 9.59 Å². The van der Waals surface area contributed by atoms with E-state index in [-0.39, 0.29) is 11.8 Å². The van der Waals surface area contributed by atoms with Crippen molar-refractivity contribution in [3.8, 4) is 5.75 Å². The van der Waals surface area contributed by atoms with Gasteiger partial charge in [-0.25, -0.2) is 0 Å². The number of benzene rings is 1. The van der Waals surface area contributed by atoms with Crippen molar-refractivity contribution in [2.24, 2.45) is 0 Å². The highest BCUT2D eigenvalue weighted by Gasteiger charge is 2.42. The van der Waals surface area contributed by atoms with Crippen LogP contribution in [-0.4, -0.2) is 49.5 Å².